The van der Waals surface area contributed by atoms with E-state index in [0.29, 0.717) is 6.42 Å². The summed E-state index contributed by atoms with van der Waals surface area (Å²) >= 11 is 0. The topological polar surface area (TPSA) is 69.6 Å². The minimum absolute atomic E-state index is 0.167. The lowest BCUT2D eigenvalue weighted by molar-refractivity contribution is -0.122. The average Bonchev–Trinajstić information content (AvgIpc) is 2.60. The molecule has 0 aliphatic heterocycles. The van der Waals surface area contributed by atoms with Crippen LogP contribution in [0.25, 0.3) is 0 Å². The molecule has 0 radical (unpaired) electrons. The van der Waals surface area contributed by atoms with E-state index in [4.69, 9.17) is 0 Å². The highest BCUT2D eigenvalue weighted by Crippen LogP contribution is 2.07. The molecule has 0 aliphatic rings. The van der Waals surface area contributed by atoms with Crippen LogP contribution in [0.15, 0.2) is 24.3 Å². The molecule has 4 nitrogen and oxygen atoms in total. The van der Waals surface area contributed by atoms with Gasteiger partial charge in [0.15, 0.2) is 0 Å². The zero-order chi connectivity index (χ0) is 18.0. The molecule has 0 aromatic heterocycles. The Morgan fingerprint density at radius 3 is 2.25 bits per heavy atom. The van der Waals surface area contributed by atoms with E-state index in [9.17, 15) is 15.0 Å². The number of carbonyl (C=O) groups excluding carboxylic acids is 1. The fourth-order valence-corrected chi connectivity index (χ4v) is 2.39. The summed E-state index contributed by atoms with van der Waals surface area (Å²) < 4.78 is 0. The number of aliphatic hydroxyl groups excluding tert-OH is 2. The molecule has 0 fully saturated rings. The molecule has 4 heteroatoms. The summed E-state index contributed by atoms with van der Waals surface area (Å²) in [4.78, 5) is 11.3. The quantitative estimate of drug-likeness (QED) is 0.313. The minimum Gasteiger partial charge on any atom is -0.394 e. The van der Waals surface area contributed by atoms with Gasteiger partial charge in [-0.25, -0.2) is 0 Å². The van der Waals surface area contributed by atoms with Crippen LogP contribution < -0.4 is 5.32 Å². The monoisotopic (exact) mass is 339 g/mol. The van der Waals surface area contributed by atoms with Gasteiger partial charge in [-0.2, -0.15) is 0 Å². The van der Waals surface area contributed by atoms with Crippen LogP contribution in [0, 0.1) is 0 Å². The molecule has 2 atom stereocenters. The first-order valence-electron chi connectivity index (χ1n) is 9.55. The van der Waals surface area contributed by atoms with Crippen molar-refractivity contribution in [3.63, 3.8) is 0 Å². The fourth-order valence-electron chi connectivity index (χ4n) is 2.39. The summed E-state index contributed by atoms with van der Waals surface area (Å²) in [6.45, 7) is 3.71. The summed E-state index contributed by atoms with van der Waals surface area (Å²) in [5.41, 5.74) is 0. The summed E-state index contributed by atoms with van der Waals surface area (Å²) in [5.74, 6) is -0.167. The molecule has 1 amide bonds. The standard InChI is InChI=1S/C20H37NO3/c1-3-5-6-7-8-9-10-11-12-13-14-15-16-19(23)18(17-22)21-20(24)4-2/h11-12,15-16,18-19,22-23H,3-10,13-14,17H2,1-2H3,(H,21,24)/b12-11+,16-15+. The number of unbranched alkanes of at least 4 members (excludes halogenated alkanes) is 7. The summed E-state index contributed by atoms with van der Waals surface area (Å²) in [5, 5.41) is 21.8. The zero-order valence-electron chi connectivity index (χ0n) is 15.5. The van der Waals surface area contributed by atoms with Crippen molar-refractivity contribution in [3.05, 3.63) is 24.3 Å². The van der Waals surface area contributed by atoms with Crippen LogP contribution in [0.1, 0.15) is 78.1 Å². The molecule has 0 aromatic rings. The second-order valence-electron chi connectivity index (χ2n) is 6.23. The Kier molecular flexibility index (Phi) is 15.9. The van der Waals surface area contributed by atoms with Gasteiger partial charge in [0.05, 0.1) is 18.8 Å². The van der Waals surface area contributed by atoms with Gasteiger partial charge < -0.3 is 15.5 Å². The number of aliphatic hydroxyl groups is 2. The Bertz CT molecular complexity index is 353. The number of amides is 1. The van der Waals surface area contributed by atoms with E-state index in [1.807, 2.05) is 6.08 Å². The maximum Gasteiger partial charge on any atom is 0.220 e. The third-order valence-electron chi connectivity index (χ3n) is 4.00. The van der Waals surface area contributed by atoms with Crippen LogP contribution in [-0.2, 0) is 4.79 Å². The number of hydrogen-bond acceptors (Lipinski definition) is 3. The molecule has 0 saturated carbocycles. The molecule has 0 saturated heterocycles. The lowest BCUT2D eigenvalue weighted by Crippen LogP contribution is -2.44. The number of rotatable bonds is 15. The molecule has 0 rings (SSSR count). The Morgan fingerprint density at radius 2 is 1.58 bits per heavy atom. The van der Waals surface area contributed by atoms with Gasteiger partial charge in [-0.15, -0.1) is 0 Å². The van der Waals surface area contributed by atoms with E-state index >= 15 is 0 Å². The average molecular weight is 340 g/mol. The van der Waals surface area contributed by atoms with Crippen LogP contribution in [0.4, 0.5) is 0 Å². The van der Waals surface area contributed by atoms with E-state index in [1.54, 1.807) is 13.0 Å². The van der Waals surface area contributed by atoms with Gasteiger partial charge in [0.2, 0.25) is 5.91 Å². The summed E-state index contributed by atoms with van der Waals surface area (Å²) in [6, 6.07) is -0.628. The molecule has 0 spiro atoms. The van der Waals surface area contributed by atoms with Crippen LogP contribution in [0.3, 0.4) is 0 Å². The minimum atomic E-state index is -0.849. The molecular formula is C20H37NO3. The van der Waals surface area contributed by atoms with E-state index in [-0.39, 0.29) is 12.5 Å². The molecular weight excluding hydrogens is 302 g/mol. The largest absolute Gasteiger partial charge is 0.394 e. The number of nitrogens with one attached hydrogen (secondary N) is 1. The van der Waals surface area contributed by atoms with Crippen LogP contribution in [-0.4, -0.2) is 34.9 Å². The molecule has 140 valence electrons. The van der Waals surface area contributed by atoms with E-state index in [2.05, 4.69) is 24.4 Å². The highest BCUT2D eigenvalue weighted by Gasteiger charge is 2.16. The first-order valence-corrected chi connectivity index (χ1v) is 9.55. The van der Waals surface area contributed by atoms with Crippen LogP contribution >= 0.6 is 0 Å². The van der Waals surface area contributed by atoms with Gasteiger partial charge in [-0.3, -0.25) is 4.79 Å². The van der Waals surface area contributed by atoms with Crippen LogP contribution in [0.2, 0.25) is 0 Å². The predicted octanol–water partition coefficient (Wildman–Crippen LogP) is 3.88. The number of carbonyl (C=O) groups is 1. The lowest BCUT2D eigenvalue weighted by atomic mass is 10.1. The van der Waals surface area contributed by atoms with E-state index in [0.717, 1.165) is 19.3 Å². The normalized spacial score (nSPS) is 14.3. The van der Waals surface area contributed by atoms with E-state index < -0.39 is 12.1 Å². The third-order valence-corrected chi connectivity index (χ3v) is 4.00. The Morgan fingerprint density at radius 1 is 0.958 bits per heavy atom. The third kappa shape index (κ3) is 13.3. The van der Waals surface area contributed by atoms with Crippen molar-refractivity contribution in [1.29, 1.82) is 0 Å². The van der Waals surface area contributed by atoms with Gasteiger partial charge >= 0.3 is 0 Å². The second kappa shape index (κ2) is 16.7. The molecule has 3 N–H and O–H groups in total. The van der Waals surface area contributed by atoms with Crippen molar-refractivity contribution in [2.75, 3.05) is 6.61 Å². The van der Waals surface area contributed by atoms with Gasteiger partial charge in [-0.05, 0) is 25.7 Å². The van der Waals surface area contributed by atoms with Crippen LogP contribution in [0.5, 0.6) is 0 Å². The van der Waals surface area contributed by atoms with Gasteiger partial charge in [0.25, 0.3) is 0 Å². The molecule has 24 heavy (non-hydrogen) atoms. The molecule has 2 unspecified atom stereocenters. The number of allylic oxidation sites excluding steroid dienone is 3. The Balaban J connectivity index is 3.72. The smallest absolute Gasteiger partial charge is 0.220 e. The summed E-state index contributed by atoms with van der Waals surface area (Å²) in [6.07, 6.45) is 18.4. The van der Waals surface area contributed by atoms with Crippen molar-refractivity contribution < 1.29 is 15.0 Å². The maximum atomic E-state index is 11.3. The molecule has 0 heterocycles. The Labute approximate surface area is 148 Å². The lowest BCUT2D eigenvalue weighted by Gasteiger charge is -2.19. The predicted molar refractivity (Wildman–Crippen MR) is 101 cm³/mol. The Hall–Kier alpha value is -1.13. The number of hydrogen-bond donors (Lipinski definition) is 3. The van der Waals surface area contributed by atoms with Gasteiger partial charge in [0, 0.05) is 6.42 Å². The van der Waals surface area contributed by atoms with Crippen molar-refractivity contribution in [2.24, 2.45) is 0 Å². The van der Waals surface area contributed by atoms with Crippen molar-refractivity contribution in [1.82, 2.24) is 5.32 Å². The fraction of sp³-hybridized carbons (Fsp3) is 0.750. The van der Waals surface area contributed by atoms with E-state index in [1.165, 1.54) is 38.5 Å². The van der Waals surface area contributed by atoms with Gasteiger partial charge in [0.1, 0.15) is 0 Å². The molecule has 0 bridgehead atoms. The first-order chi connectivity index (χ1) is 11.7. The highest BCUT2D eigenvalue weighted by molar-refractivity contribution is 5.75. The van der Waals surface area contributed by atoms with Crippen molar-refractivity contribution in [2.45, 2.75) is 90.2 Å². The molecule has 0 aliphatic carbocycles. The molecule has 0 aromatic carbocycles. The van der Waals surface area contributed by atoms with Crippen molar-refractivity contribution in [3.8, 4) is 0 Å². The highest BCUT2D eigenvalue weighted by atomic mass is 16.3. The van der Waals surface area contributed by atoms with Gasteiger partial charge in [-0.1, -0.05) is 70.3 Å². The zero-order valence-corrected chi connectivity index (χ0v) is 15.5. The summed E-state index contributed by atoms with van der Waals surface area (Å²) in [7, 11) is 0. The van der Waals surface area contributed by atoms with Crippen molar-refractivity contribution >= 4 is 5.91 Å². The SMILES string of the molecule is CCCCCCCC/C=C/CC/C=C/C(O)C(CO)NC(=O)CC. The maximum absolute atomic E-state index is 11.3. The first kappa shape index (κ1) is 22.9. The second-order valence-corrected chi connectivity index (χ2v) is 6.23.